The van der Waals surface area contributed by atoms with Crippen molar-refractivity contribution in [2.24, 2.45) is 11.8 Å². The number of hydrogen-bond donors (Lipinski definition) is 0. The van der Waals surface area contributed by atoms with Gasteiger partial charge in [-0.25, -0.2) is 0 Å². The van der Waals surface area contributed by atoms with E-state index >= 15 is 0 Å². The van der Waals surface area contributed by atoms with E-state index < -0.39 is 0 Å². The Hall–Kier alpha value is -2.20. The molecule has 1 heteroatoms. The maximum absolute atomic E-state index is 5.76. The summed E-state index contributed by atoms with van der Waals surface area (Å²) < 4.78 is 5.76. The summed E-state index contributed by atoms with van der Waals surface area (Å²) in [6.07, 6.45) is 14.6. The fourth-order valence-corrected chi connectivity index (χ4v) is 4.46. The van der Waals surface area contributed by atoms with Crippen molar-refractivity contribution in [3.8, 4) is 28.7 Å². The first-order valence-electron chi connectivity index (χ1n) is 12.6. The monoisotopic (exact) mass is 416 g/mol. The maximum Gasteiger partial charge on any atom is 0.119 e. The van der Waals surface area contributed by atoms with Gasteiger partial charge in [0.15, 0.2) is 0 Å². The van der Waals surface area contributed by atoms with Gasteiger partial charge in [-0.3, -0.25) is 0 Å². The molecule has 0 amide bonds. The van der Waals surface area contributed by atoms with Crippen molar-refractivity contribution in [2.45, 2.75) is 84.5 Å². The van der Waals surface area contributed by atoms with Crippen molar-refractivity contribution in [3.05, 3.63) is 54.1 Å². The normalized spacial score (nSPS) is 18.3. The van der Waals surface area contributed by atoms with Crippen LogP contribution >= 0.6 is 0 Å². The van der Waals surface area contributed by atoms with Gasteiger partial charge in [0.25, 0.3) is 0 Å². The molecule has 0 bridgehead atoms. The molecule has 1 aliphatic carbocycles. The minimum absolute atomic E-state index is 0.590. The number of hydrogen-bond acceptors (Lipinski definition) is 1. The van der Waals surface area contributed by atoms with Gasteiger partial charge in [-0.05, 0) is 73.4 Å². The summed E-state index contributed by atoms with van der Waals surface area (Å²) in [6.45, 7) is 5.27. The molecule has 3 rings (SSSR count). The standard InChI is InChI=1S/C30H40O/c1-3-5-7-8-9-25-10-12-26(13-11-25)14-15-27-16-18-28(19-17-27)29-20-22-30(23-21-29)31-24-6-4-2/h16-23,25-26H,3-13,24H2,1-2H3/t25-,26-. The van der Waals surface area contributed by atoms with Crippen molar-refractivity contribution in [3.63, 3.8) is 0 Å². The summed E-state index contributed by atoms with van der Waals surface area (Å²) in [6, 6.07) is 17.1. The second-order valence-electron chi connectivity index (χ2n) is 9.14. The molecular weight excluding hydrogens is 376 g/mol. The first kappa shape index (κ1) is 23.5. The van der Waals surface area contributed by atoms with Crippen LogP contribution in [0.25, 0.3) is 11.1 Å². The van der Waals surface area contributed by atoms with Crippen LogP contribution in [0.5, 0.6) is 5.75 Å². The van der Waals surface area contributed by atoms with Crippen LogP contribution in [0.4, 0.5) is 0 Å². The van der Waals surface area contributed by atoms with Crippen molar-refractivity contribution >= 4 is 0 Å². The van der Waals surface area contributed by atoms with Gasteiger partial charge in [0, 0.05) is 11.5 Å². The van der Waals surface area contributed by atoms with Crippen LogP contribution < -0.4 is 4.74 Å². The van der Waals surface area contributed by atoms with Gasteiger partial charge in [-0.15, -0.1) is 0 Å². The zero-order chi connectivity index (χ0) is 21.7. The molecule has 0 saturated heterocycles. The number of unbranched alkanes of at least 4 members (excludes halogenated alkanes) is 4. The van der Waals surface area contributed by atoms with Crippen LogP contribution in [0.1, 0.15) is 90.0 Å². The second-order valence-corrected chi connectivity index (χ2v) is 9.14. The van der Waals surface area contributed by atoms with Crippen LogP contribution in [0.2, 0.25) is 0 Å². The molecule has 2 aromatic rings. The van der Waals surface area contributed by atoms with Gasteiger partial charge in [0.2, 0.25) is 0 Å². The fraction of sp³-hybridized carbons (Fsp3) is 0.533. The van der Waals surface area contributed by atoms with Gasteiger partial charge in [-0.2, -0.15) is 0 Å². The maximum atomic E-state index is 5.76. The van der Waals surface area contributed by atoms with Crippen LogP contribution in [0.15, 0.2) is 48.5 Å². The van der Waals surface area contributed by atoms with Gasteiger partial charge in [-0.1, -0.05) is 88.5 Å². The highest BCUT2D eigenvalue weighted by atomic mass is 16.5. The summed E-state index contributed by atoms with van der Waals surface area (Å²) >= 11 is 0. The third kappa shape index (κ3) is 8.10. The summed E-state index contributed by atoms with van der Waals surface area (Å²) in [7, 11) is 0. The Balaban J connectivity index is 1.46. The van der Waals surface area contributed by atoms with E-state index in [2.05, 4.69) is 74.2 Å². The summed E-state index contributed by atoms with van der Waals surface area (Å²) in [4.78, 5) is 0. The highest BCUT2D eigenvalue weighted by Gasteiger charge is 2.19. The molecule has 0 heterocycles. The highest BCUT2D eigenvalue weighted by Crippen LogP contribution is 2.32. The van der Waals surface area contributed by atoms with Gasteiger partial charge >= 0.3 is 0 Å². The fourth-order valence-electron chi connectivity index (χ4n) is 4.46. The molecule has 0 atom stereocenters. The molecule has 1 saturated carbocycles. The Labute approximate surface area is 190 Å². The lowest BCUT2D eigenvalue weighted by Crippen LogP contribution is -2.13. The summed E-state index contributed by atoms with van der Waals surface area (Å²) in [5.41, 5.74) is 3.58. The smallest absolute Gasteiger partial charge is 0.119 e. The molecular formula is C30H40O. The molecule has 1 fully saturated rings. The third-order valence-corrected chi connectivity index (χ3v) is 6.57. The molecule has 0 spiro atoms. The number of ether oxygens (including phenoxy) is 1. The molecule has 0 aliphatic heterocycles. The predicted molar refractivity (Wildman–Crippen MR) is 133 cm³/mol. The van der Waals surface area contributed by atoms with Crippen LogP contribution in [-0.4, -0.2) is 6.61 Å². The van der Waals surface area contributed by atoms with E-state index in [1.807, 2.05) is 0 Å². The van der Waals surface area contributed by atoms with E-state index in [4.69, 9.17) is 4.74 Å². The summed E-state index contributed by atoms with van der Waals surface area (Å²) in [5.74, 6) is 9.49. The van der Waals surface area contributed by atoms with E-state index in [-0.39, 0.29) is 0 Å². The molecule has 1 aliphatic rings. The van der Waals surface area contributed by atoms with E-state index in [0.29, 0.717) is 5.92 Å². The van der Waals surface area contributed by atoms with Gasteiger partial charge in [0.05, 0.1) is 6.61 Å². The average molecular weight is 417 g/mol. The molecule has 2 aromatic carbocycles. The second kappa shape index (κ2) is 13.3. The Kier molecular flexibility index (Phi) is 10.0. The molecule has 31 heavy (non-hydrogen) atoms. The first-order chi connectivity index (χ1) is 15.3. The van der Waals surface area contributed by atoms with Crippen LogP contribution in [-0.2, 0) is 0 Å². The Morgan fingerprint density at radius 1 is 0.742 bits per heavy atom. The minimum Gasteiger partial charge on any atom is -0.494 e. The largest absolute Gasteiger partial charge is 0.494 e. The topological polar surface area (TPSA) is 9.23 Å². The summed E-state index contributed by atoms with van der Waals surface area (Å²) in [5, 5.41) is 0. The van der Waals surface area contributed by atoms with Crippen LogP contribution in [0.3, 0.4) is 0 Å². The van der Waals surface area contributed by atoms with Gasteiger partial charge < -0.3 is 4.74 Å². The predicted octanol–water partition coefficient (Wildman–Crippen LogP) is 8.66. The number of rotatable bonds is 10. The first-order valence-corrected chi connectivity index (χ1v) is 12.6. The van der Waals surface area contributed by atoms with Crippen molar-refractivity contribution in [1.82, 2.24) is 0 Å². The van der Waals surface area contributed by atoms with E-state index in [9.17, 15) is 0 Å². The molecule has 0 N–H and O–H groups in total. The Bertz CT molecular complexity index is 798. The van der Waals surface area contributed by atoms with Crippen molar-refractivity contribution in [1.29, 1.82) is 0 Å². The zero-order valence-electron chi connectivity index (χ0n) is 19.7. The molecule has 0 unspecified atom stereocenters. The Morgan fingerprint density at radius 3 is 2.03 bits per heavy atom. The Morgan fingerprint density at radius 2 is 1.39 bits per heavy atom. The minimum atomic E-state index is 0.590. The average Bonchev–Trinajstić information content (AvgIpc) is 2.82. The van der Waals surface area contributed by atoms with Crippen LogP contribution in [0, 0.1) is 23.7 Å². The molecule has 0 radical (unpaired) electrons. The molecule has 0 aromatic heterocycles. The van der Waals surface area contributed by atoms with E-state index in [1.165, 1.54) is 68.9 Å². The molecule has 1 nitrogen and oxygen atoms in total. The quantitative estimate of drug-likeness (QED) is 0.278. The lowest BCUT2D eigenvalue weighted by atomic mass is 9.80. The van der Waals surface area contributed by atoms with Gasteiger partial charge in [0.1, 0.15) is 5.75 Å². The lowest BCUT2D eigenvalue weighted by Gasteiger charge is -2.25. The molecule has 166 valence electrons. The van der Waals surface area contributed by atoms with E-state index in [1.54, 1.807) is 0 Å². The van der Waals surface area contributed by atoms with Crippen molar-refractivity contribution in [2.75, 3.05) is 6.61 Å². The van der Waals surface area contributed by atoms with Crippen molar-refractivity contribution < 1.29 is 4.74 Å². The number of benzene rings is 2. The SMILES string of the molecule is CCCCCC[C@H]1CC[C@H](C#Cc2ccc(-c3ccc(OCCCC)cc3)cc2)CC1. The lowest BCUT2D eigenvalue weighted by molar-refractivity contribution is 0.294. The van der Waals surface area contributed by atoms with E-state index in [0.717, 1.165) is 36.7 Å². The zero-order valence-corrected chi connectivity index (χ0v) is 19.7. The third-order valence-electron chi connectivity index (χ3n) is 6.57. The highest BCUT2D eigenvalue weighted by molar-refractivity contribution is 5.65.